The van der Waals surface area contributed by atoms with Crippen molar-refractivity contribution in [2.45, 2.75) is 26.2 Å². The van der Waals surface area contributed by atoms with E-state index in [4.69, 9.17) is 0 Å². The number of aryl methyl sites for hydroxylation is 1. The van der Waals surface area contributed by atoms with Crippen LogP contribution < -0.4 is 10.3 Å². The lowest BCUT2D eigenvalue weighted by Crippen LogP contribution is -2.46. The van der Waals surface area contributed by atoms with Crippen molar-refractivity contribution < 1.29 is 0 Å². The molecule has 2 heterocycles. The fourth-order valence-electron chi connectivity index (χ4n) is 3.04. The summed E-state index contributed by atoms with van der Waals surface area (Å²) in [7, 11) is 2.15. The number of hydrogen-bond donors (Lipinski definition) is 0. The monoisotopic (exact) mass is 278 g/mol. The summed E-state index contributed by atoms with van der Waals surface area (Å²) in [5, 5.41) is 2.10. The number of likely N-dealkylation sites (N-methyl/N-ethyl adjacent to an activating group) is 1. The van der Waals surface area contributed by atoms with Crippen LogP contribution >= 0.6 is 11.3 Å². The standard InChI is InChI=1S/C15H22N2OS/c1-11-3-4-14-12(9-11)15(18)13(10-19-14)17-7-5-16(2)6-8-17/h10-11H,3-9H2,1-2H3. The molecule has 3 rings (SSSR count). The SMILES string of the molecule is CC1CCc2scc(N3CCN(C)CC3)c(=O)c2C1. The third-order valence-electron chi connectivity index (χ3n) is 4.42. The normalized spacial score (nSPS) is 24.3. The maximum Gasteiger partial charge on any atom is 0.206 e. The van der Waals surface area contributed by atoms with E-state index in [1.165, 1.54) is 11.3 Å². The highest BCUT2D eigenvalue weighted by atomic mass is 32.1. The zero-order valence-electron chi connectivity index (χ0n) is 11.8. The van der Waals surface area contributed by atoms with Crippen LogP contribution in [0.3, 0.4) is 0 Å². The Labute approximate surface area is 118 Å². The molecule has 1 unspecified atom stereocenters. The number of nitrogens with zero attached hydrogens (tertiary/aromatic N) is 2. The number of fused-ring (bicyclic) bond motifs is 1. The lowest BCUT2D eigenvalue weighted by Gasteiger charge is -2.34. The first-order valence-electron chi connectivity index (χ1n) is 7.22. The summed E-state index contributed by atoms with van der Waals surface area (Å²) < 4.78 is 0. The van der Waals surface area contributed by atoms with Gasteiger partial charge in [-0.05, 0) is 32.2 Å². The molecule has 0 bridgehead atoms. The molecule has 0 radical (unpaired) electrons. The number of anilines is 1. The maximum atomic E-state index is 12.7. The van der Waals surface area contributed by atoms with Crippen LogP contribution in [0.1, 0.15) is 23.8 Å². The van der Waals surface area contributed by atoms with Crippen LogP contribution in [0.15, 0.2) is 10.2 Å². The van der Waals surface area contributed by atoms with Crippen LogP contribution in [-0.4, -0.2) is 38.1 Å². The Kier molecular flexibility index (Phi) is 3.63. The van der Waals surface area contributed by atoms with Gasteiger partial charge in [0.05, 0.1) is 5.69 Å². The Balaban J connectivity index is 1.91. The number of piperazine rings is 1. The molecule has 3 nitrogen and oxygen atoms in total. The van der Waals surface area contributed by atoms with Crippen molar-refractivity contribution in [1.29, 1.82) is 0 Å². The molecule has 1 aromatic heterocycles. The third kappa shape index (κ3) is 2.56. The summed E-state index contributed by atoms with van der Waals surface area (Å²) in [5.74, 6) is 0.662. The van der Waals surface area contributed by atoms with E-state index < -0.39 is 0 Å². The van der Waals surface area contributed by atoms with Crippen molar-refractivity contribution in [3.63, 3.8) is 0 Å². The molecule has 4 heteroatoms. The first-order chi connectivity index (χ1) is 9.15. The van der Waals surface area contributed by atoms with Gasteiger partial charge in [0.1, 0.15) is 0 Å². The molecule has 1 saturated heterocycles. The van der Waals surface area contributed by atoms with Crippen LogP contribution in [0.2, 0.25) is 0 Å². The smallest absolute Gasteiger partial charge is 0.206 e. The van der Waals surface area contributed by atoms with Crippen molar-refractivity contribution >= 4 is 17.0 Å². The second kappa shape index (κ2) is 5.25. The fraction of sp³-hybridized carbons (Fsp3) is 0.667. The largest absolute Gasteiger partial charge is 0.365 e. The molecule has 0 spiro atoms. The highest BCUT2D eigenvalue weighted by Gasteiger charge is 2.23. The summed E-state index contributed by atoms with van der Waals surface area (Å²) in [6, 6.07) is 0. The predicted molar refractivity (Wildman–Crippen MR) is 81.5 cm³/mol. The Hall–Kier alpha value is -0.870. The summed E-state index contributed by atoms with van der Waals surface area (Å²) in [5.41, 5.74) is 2.37. The van der Waals surface area contributed by atoms with E-state index in [0.29, 0.717) is 11.3 Å². The summed E-state index contributed by atoms with van der Waals surface area (Å²) >= 11 is 1.80. The van der Waals surface area contributed by atoms with Crippen molar-refractivity contribution in [1.82, 2.24) is 4.90 Å². The van der Waals surface area contributed by atoms with E-state index in [2.05, 4.69) is 29.2 Å². The van der Waals surface area contributed by atoms with E-state index in [1.807, 2.05) is 0 Å². The van der Waals surface area contributed by atoms with Crippen LogP contribution in [0.5, 0.6) is 0 Å². The zero-order valence-corrected chi connectivity index (χ0v) is 12.6. The Morgan fingerprint density at radius 2 is 2.00 bits per heavy atom. The molecule has 0 saturated carbocycles. The van der Waals surface area contributed by atoms with Crippen molar-refractivity contribution in [3.05, 3.63) is 26.0 Å². The van der Waals surface area contributed by atoms with E-state index in [9.17, 15) is 4.79 Å². The Morgan fingerprint density at radius 3 is 2.74 bits per heavy atom. The number of rotatable bonds is 1. The summed E-state index contributed by atoms with van der Waals surface area (Å²) in [6.45, 7) is 6.32. The number of hydrogen-bond acceptors (Lipinski definition) is 4. The molecule has 0 N–H and O–H groups in total. The highest BCUT2D eigenvalue weighted by Crippen LogP contribution is 2.28. The second-order valence-corrected chi connectivity index (χ2v) is 6.95. The van der Waals surface area contributed by atoms with Gasteiger partial charge < -0.3 is 9.80 Å². The van der Waals surface area contributed by atoms with Crippen molar-refractivity contribution in [3.8, 4) is 0 Å². The van der Waals surface area contributed by atoms with Crippen LogP contribution in [0, 0.1) is 5.92 Å². The molecule has 1 atom stereocenters. The molecule has 1 aliphatic heterocycles. The predicted octanol–water partition coefficient (Wildman–Crippen LogP) is 1.98. The topological polar surface area (TPSA) is 23.6 Å². The van der Waals surface area contributed by atoms with Gasteiger partial charge in [0.15, 0.2) is 0 Å². The van der Waals surface area contributed by atoms with E-state index >= 15 is 0 Å². The van der Waals surface area contributed by atoms with Crippen LogP contribution in [0.25, 0.3) is 0 Å². The average Bonchev–Trinajstić information content (AvgIpc) is 2.41. The van der Waals surface area contributed by atoms with E-state index in [-0.39, 0.29) is 0 Å². The molecular formula is C15H22N2OS. The lowest BCUT2D eigenvalue weighted by atomic mass is 9.89. The average molecular weight is 278 g/mol. The molecular weight excluding hydrogens is 256 g/mol. The van der Waals surface area contributed by atoms with Crippen molar-refractivity contribution in [2.75, 3.05) is 38.1 Å². The molecule has 1 aromatic rings. The van der Waals surface area contributed by atoms with Gasteiger partial charge in [-0.3, -0.25) is 4.79 Å². The Morgan fingerprint density at radius 1 is 1.26 bits per heavy atom. The van der Waals surface area contributed by atoms with Crippen LogP contribution in [-0.2, 0) is 12.8 Å². The minimum atomic E-state index is 0.310. The quantitative estimate of drug-likeness (QED) is 0.785. The van der Waals surface area contributed by atoms with E-state index in [1.54, 1.807) is 11.3 Å². The molecule has 1 fully saturated rings. The van der Waals surface area contributed by atoms with Gasteiger partial charge in [-0.1, -0.05) is 6.92 Å². The second-order valence-electron chi connectivity index (χ2n) is 5.99. The van der Waals surface area contributed by atoms with Gasteiger partial charge in [0, 0.05) is 42.0 Å². The molecule has 19 heavy (non-hydrogen) atoms. The molecule has 0 aromatic carbocycles. The molecule has 1 aliphatic carbocycles. The van der Waals surface area contributed by atoms with Crippen molar-refractivity contribution in [2.24, 2.45) is 5.92 Å². The Bertz CT molecular complexity index is 517. The van der Waals surface area contributed by atoms with Gasteiger partial charge in [0.25, 0.3) is 0 Å². The first kappa shape index (κ1) is 13.1. The minimum absolute atomic E-state index is 0.310. The zero-order chi connectivity index (χ0) is 13.4. The fourth-order valence-corrected chi connectivity index (χ4v) is 4.11. The molecule has 2 aliphatic rings. The summed E-state index contributed by atoms with van der Waals surface area (Å²) in [4.78, 5) is 18.6. The van der Waals surface area contributed by atoms with E-state index in [0.717, 1.165) is 50.3 Å². The molecule has 0 amide bonds. The lowest BCUT2D eigenvalue weighted by molar-refractivity contribution is 0.312. The van der Waals surface area contributed by atoms with Gasteiger partial charge in [-0.2, -0.15) is 0 Å². The minimum Gasteiger partial charge on any atom is -0.365 e. The first-order valence-corrected chi connectivity index (χ1v) is 8.10. The van der Waals surface area contributed by atoms with Gasteiger partial charge in [-0.15, -0.1) is 11.3 Å². The van der Waals surface area contributed by atoms with Crippen LogP contribution in [0.4, 0.5) is 5.69 Å². The maximum absolute atomic E-state index is 12.7. The van der Waals surface area contributed by atoms with Gasteiger partial charge >= 0.3 is 0 Å². The third-order valence-corrected chi connectivity index (χ3v) is 5.49. The van der Waals surface area contributed by atoms with Gasteiger partial charge in [-0.25, -0.2) is 0 Å². The molecule has 104 valence electrons. The summed E-state index contributed by atoms with van der Waals surface area (Å²) in [6.07, 6.45) is 3.31. The van der Waals surface area contributed by atoms with Gasteiger partial charge in [0.2, 0.25) is 5.43 Å². The highest BCUT2D eigenvalue weighted by molar-refractivity contribution is 7.10.